The third-order valence-electron chi connectivity index (χ3n) is 7.54. The Kier molecular flexibility index (Phi) is 7.48. The minimum absolute atomic E-state index is 0.0105. The van der Waals surface area contributed by atoms with Crippen LogP contribution in [0.25, 0.3) is 0 Å². The van der Waals surface area contributed by atoms with Crippen LogP contribution in [0.1, 0.15) is 43.0 Å². The molecule has 2 aliphatic heterocycles. The lowest BCUT2D eigenvalue weighted by molar-refractivity contribution is -0.145. The molecule has 0 spiro atoms. The number of carbonyl (C=O) groups excluding carboxylic acids is 2. The molecule has 36 heavy (non-hydrogen) atoms. The second-order valence-electron chi connectivity index (χ2n) is 9.90. The van der Waals surface area contributed by atoms with Crippen LogP contribution in [0.15, 0.2) is 47.7 Å². The molecule has 1 atom stereocenters. The van der Waals surface area contributed by atoms with Crippen molar-refractivity contribution in [3.63, 3.8) is 0 Å². The average molecular weight is 496 g/mol. The Balaban J connectivity index is 1.36. The number of aromatic nitrogens is 1. The van der Waals surface area contributed by atoms with Gasteiger partial charge in [0.05, 0.1) is 30.7 Å². The van der Waals surface area contributed by atoms with E-state index in [1.165, 1.54) is 17.1 Å². The van der Waals surface area contributed by atoms with Gasteiger partial charge in [-0.05, 0) is 42.7 Å². The number of nitrogens with zero attached hydrogens (tertiary/aromatic N) is 5. The van der Waals surface area contributed by atoms with Gasteiger partial charge in [0.15, 0.2) is 0 Å². The van der Waals surface area contributed by atoms with Gasteiger partial charge in [0.1, 0.15) is 12.4 Å². The molecule has 1 aromatic heterocycles. The van der Waals surface area contributed by atoms with Crippen molar-refractivity contribution in [2.75, 3.05) is 45.9 Å². The molecule has 2 aromatic rings. The van der Waals surface area contributed by atoms with E-state index in [2.05, 4.69) is 4.90 Å². The first-order valence-electron chi connectivity index (χ1n) is 12.8. The van der Waals surface area contributed by atoms with Crippen LogP contribution in [-0.4, -0.2) is 82.8 Å². The van der Waals surface area contributed by atoms with Crippen molar-refractivity contribution in [3.05, 3.63) is 59.7 Å². The summed E-state index contributed by atoms with van der Waals surface area (Å²) >= 11 is 0. The van der Waals surface area contributed by atoms with Crippen LogP contribution in [0.2, 0.25) is 0 Å². The fourth-order valence-electron chi connectivity index (χ4n) is 5.10. The summed E-state index contributed by atoms with van der Waals surface area (Å²) < 4.78 is 21.0. The van der Waals surface area contributed by atoms with Gasteiger partial charge in [0.2, 0.25) is 5.91 Å². The monoisotopic (exact) mass is 495 g/mol. The molecule has 1 aliphatic carbocycles. The van der Waals surface area contributed by atoms with Crippen LogP contribution in [-0.2, 0) is 21.4 Å². The molecule has 0 radical (unpaired) electrons. The molecule has 8 nitrogen and oxygen atoms in total. The Morgan fingerprint density at radius 3 is 2.53 bits per heavy atom. The van der Waals surface area contributed by atoms with Crippen molar-refractivity contribution in [1.82, 2.24) is 19.4 Å². The van der Waals surface area contributed by atoms with E-state index in [1.807, 2.05) is 29.9 Å². The molecular formula is C27H34FN5O3. The zero-order chi connectivity index (χ0) is 25.1. The molecule has 3 heterocycles. The molecule has 3 aliphatic rings. The SMILES string of the molecule is Cn1cccc1C1=NN(C(=O)CN(CCN2CCOCC2)C(=O)C2CCC2)C(c2ccc(F)cc2)C1. The zero-order valence-electron chi connectivity index (χ0n) is 20.8. The number of carbonyl (C=O) groups is 2. The van der Waals surface area contributed by atoms with E-state index < -0.39 is 0 Å². The fourth-order valence-corrected chi connectivity index (χ4v) is 5.10. The second kappa shape index (κ2) is 10.9. The van der Waals surface area contributed by atoms with Gasteiger partial charge < -0.3 is 14.2 Å². The third kappa shape index (κ3) is 5.37. The number of benzene rings is 1. The standard InChI is InChI=1S/C27H34FN5O3/c1-30-11-3-6-24(30)23-18-25(20-7-9-22(28)10-8-20)33(29-23)26(34)19-32(27(35)21-4-2-5-21)13-12-31-14-16-36-17-15-31/h3,6-11,21,25H,2,4-5,12-19H2,1H3. The summed E-state index contributed by atoms with van der Waals surface area (Å²) in [5.74, 6) is -0.467. The normalized spacial score (nSPS) is 20.8. The van der Waals surface area contributed by atoms with Gasteiger partial charge in [-0.15, -0.1) is 0 Å². The summed E-state index contributed by atoms with van der Waals surface area (Å²) in [4.78, 5) is 31.0. The summed E-state index contributed by atoms with van der Waals surface area (Å²) in [5, 5.41) is 6.24. The molecule has 5 rings (SSSR count). The highest BCUT2D eigenvalue weighted by molar-refractivity contribution is 6.02. The second-order valence-corrected chi connectivity index (χ2v) is 9.90. The van der Waals surface area contributed by atoms with Crippen molar-refractivity contribution in [3.8, 4) is 0 Å². The summed E-state index contributed by atoms with van der Waals surface area (Å²) in [6.45, 7) is 4.27. The van der Waals surface area contributed by atoms with E-state index in [0.29, 0.717) is 32.7 Å². The molecule has 2 amide bonds. The maximum atomic E-state index is 13.7. The molecule has 0 N–H and O–H groups in total. The number of aryl methyl sites for hydroxylation is 1. The number of hydrogen-bond donors (Lipinski definition) is 0. The number of amides is 2. The van der Waals surface area contributed by atoms with Crippen LogP contribution in [0.4, 0.5) is 4.39 Å². The molecule has 9 heteroatoms. The van der Waals surface area contributed by atoms with E-state index in [0.717, 1.165) is 49.3 Å². The van der Waals surface area contributed by atoms with Crippen LogP contribution in [0, 0.1) is 11.7 Å². The first-order valence-corrected chi connectivity index (χ1v) is 12.8. The topological polar surface area (TPSA) is 70.4 Å². The Morgan fingerprint density at radius 2 is 1.89 bits per heavy atom. The van der Waals surface area contributed by atoms with Crippen molar-refractivity contribution in [1.29, 1.82) is 0 Å². The molecule has 0 bridgehead atoms. The Morgan fingerprint density at radius 1 is 1.14 bits per heavy atom. The molecule has 1 saturated heterocycles. The third-order valence-corrected chi connectivity index (χ3v) is 7.54. The fraction of sp³-hybridized carbons (Fsp3) is 0.519. The lowest BCUT2D eigenvalue weighted by Crippen LogP contribution is -2.49. The first kappa shape index (κ1) is 24.6. The van der Waals surface area contributed by atoms with E-state index in [1.54, 1.807) is 17.0 Å². The summed E-state index contributed by atoms with van der Waals surface area (Å²) in [6, 6.07) is 9.81. The molecule has 1 aromatic carbocycles. The summed E-state index contributed by atoms with van der Waals surface area (Å²) in [7, 11) is 1.94. The Bertz CT molecular complexity index is 1100. The predicted molar refractivity (Wildman–Crippen MR) is 134 cm³/mol. The van der Waals surface area contributed by atoms with Crippen LogP contribution >= 0.6 is 0 Å². The van der Waals surface area contributed by atoms with Gasteiger partial charge in [-0.25, -0.2) is 9.40 Å². The van der Waals surface area contributed by atoms with Gasteiger partial charge in [-0.2, -0.15) is 5.10 Å². The van der Waals surface area contributed by atoms with Crippen molar-refractivity contribution in [2.24, 2.45) is 18.1 Å². The predicted octanol–water partition coefficient (Wildman–Crippen LogP) is 2.80. The summed E-state index contributed by atoms with van der Waals surface area (Å²) in [5.41, 5.74) is 2.56. The van der Waals surface area contributed by atoms with Crippen LogP contribution in [0.3, 0.4) is 0 Å². The van der Waals surface area contributed by atoms with Gasteiger partial charge >= 0.3 is 0 Å². The van der Waals surface area contributed by atoms with Crippen molar-refractivity contribution >= 4 is 17.5 Å². The number of hydrogen-bond acceptors (Lipinski definition) is 5. The molecule has 1 saturated carbocycles. The number of halogens is 1. The van der Waals surface area contributed by atoms with Gasteiger partial charge in [-0.3, -0.25) is 14.5 Å². The van der Waals surface area contributed by atoms with E-state index in [4.69, 9.17) is 9.84 Å². The number of morpholine rings is 1. The average Bonchev–Trinajstić information content (AvgIpc) is 3.48. The number of ether oxygens (including phenoxy) is 1. The Labute approximate surface area is 211 Å². The van der Waals surface area contributed by atoms with Crippen molar-refractivity contribution in [2.45, 2.75) is 31.7 Å². The first-order chi connectivity index (χ1) is 17.5. The van der Waals surface area contributed by atoms with Crippen LogP contribution in [0.5, 0.6) is 0 Å². The Hall–Kier alpha value is -3.04. The quantitative estimate of drug-likeness (QED) is 0.565. The highest BCUT2D eigenvalue weighted by Gasteiger charge is 2.36. The highest BCUT2D eigenvalue weighted by Crippen LogP contribution is 2.33. The van der Waals surface area contributed by atoms with Gasteiger partial charge in [0.25, 0.3) is 5.91 Å². The van der Waals surface area contributed by atoms with Crippen molar-refractivity contribution < 1.29 is 18.7 Å². The van der Waals surface area contributed by atoms with E-state index in [9.17, 15) is 14.0 Å². The van der Waals surface area contributed by atoms with Crippen LogP contribution < -0.4 is 0 Å². The zero-order valence-corrected chi connectivity index (χ0v) is 20.8. The lowest BCUT2D eigenvalue weighted by atomic mass is 9.84. The minimum atomic E-state index is -0.345. The minimum Gasteiger partial charge on any atom is -0.379 e. The molecule has 1 unspecified atom stereocenters. The number of hydrazone groups is 1. The smallest absolute Gasteiger partial charge is 0.262 e. The van der Waals surface area contributed by atoms with E-state index >= 15 is 0 Å². The molecule has 2 fully saturated rings. The van der Waals surface area contributed by atoms with Gasteiger partial charge in [0, 0.05) is 51.8 Å². The lowest BCUT2D eigenvalue weighted by Gasteiger charge is -2.34. The summed E-state index contributed by atoms with van der Waals surface area (Å²) in [6.07, 6.45) is 5.31. The molecule has 192 valence electrons. The maximum Gasteiger partial charge on any atom is 0.262 e. The maximum absolute atomic E-state index is 13.7. The highest BCUT2D eigenvalue weighted by atomic mass is 19.1. The molecular weight excluding hydrogens is 461 g/mol. The van der Waals surface area contributed by atoms with Gasteiger partial charge in [-0.1, -0.05) is 18.6 Å². The van der Waals surface area contributed by atoms with E-state index in [-0.39, 0.29) is 36.1 Å². The number of rotatable bonds is 8. The largest absolute Gasteiger partial charge is 0.379 e.